The van der Waals surface area contributed by atoms with Gasteiger partial charge < -0.3 is 9.32 Å². The van der Waals surface area contributed by atoms with Crippen molar-refractivity contribution in [1.82, 2.24) is 0 Å². The van der Waals surface area contributed by atoms with E-state index in [9.17, 15) is 0 Å². The summed E-state index contributed by atoms with van der Waals surface area (Å²) in [5, 5.41) is 9.64. The average Bonchev–Trinajstić information content (AvgIpc) is 3.81. The van der Waals surface area contributed by atoms with Crippen LogP contribution in [0.2, 0.25) is 0 Å². The molecule has 2 heterocycles. The van der Waals surface area contributed by atoms with E-state index in [1.54, 1.807) is 0 Å². The molecule has 0 radical (unpaired) electrons. The average molecular weight is 694 g/mol. The first kappa shape index (κ1) is 30.0. The van der Waals surface area contributed by atoms with Crippen molar-refractivity contribution in [2.75, 3.05) is 4.90 Å². The zero-order valence-electron chi connectivity index (χ0n) is 28.7. The third-order valence-electron chi connectivity index (χ3n) is 10.6. The molecule has 0 aliphatic rings. The highest BCUT2D eigenvalue weighted by molar-refractivity contribution is 7.26. The smallest absolute Gasteiger partial charge is 0.145 e. The summed E-state index contributed by atoms with van der Waals surface area (Å²) in [7, 11) is 0. The van der Waals surface area contributed by atoms with Crippen LogP contribution in [0, 0.1) is 0 Å². The van der Waals surface area contributed by atoms with Crippen LogP contribution in [0.15, 0.2) is 192 Å². The summed E-state index contributed by atoms with van der Waals surface area (Å²) >= 11 is 1.85. The van der Waals surface area contributed by atoms with Gasteiger partial charge in [0, 0.05) is 36.8 Å². The number of anilines is 3. The van der Waals surface area contributed by atoms with Crippen molar-refractivity contribution < 1.29 is 4.42 Å². The minimum absolute atomic E-state index is 0.870. The summed E-state index contributed by atoms with van der Waals surface area (Å²) in [6.07, 6.45) is 0. The van der Waals surface area contributed by atoms with Gasteiger partial charge >= 0.3 is 0 Å². The number of hydrogen-bond donors (Lipinski definition) is 0. The maximum absolute atomic E-state index is 7.01. The monoisotopic (exact) mass is 693 g/mol. The second-order valence-corrected chi connectivity index (χ2v) is 14.7. The van der Waals surface area contributed by atoms with Crippen molar-refractivity contribution in [2.24, 2.45) is 0 Å². The molecule has 53 heavy (non-hydrogen) atoms. The quantitative estimate of drug-likeness (QED) is 0.167. The van der Waals surface area contributed by atoms with Gasteiger partial charge in [0.25, 0.3) is 0 Å². The van der Waals surface area contributed by atoms with Gasteiger partial charge in [-0.1, -0.05) is 133 Å². The lowest BCUT2D eigenvalue weighted by molar-refractivity contribution is 0.670. The molecule has 0 fully saturated rings. The van der Waals surface area contributed by atoms with E-state index in [1.165, 1.54) is 47.3 Å². The minimum atomic E-state index is 0.870. The van der Waals surface area contributed by atoms with Gasteiger partial charge in [-0.3, -0.25) is 0 Å². The van der Waals surface area contributed by atoms with E-state index in [-0.39, 0.29) is 0 Å². The summed E-state index contributed by atoms with van der Waals surface area (Å²) in [6, 6.07) is 67.9. The van der Waals surface area contributed by atoms with Crippen LogP contribution in [0.5, 0.6) is 0 Å². The van der Waals surface area contributed by atoms with Crippen molar-refractivity contribution in [3.63, 3.8) is 0 Å². The van der Waals surface area contributed by atoms with Gasteiger partial charge in [0.05, 0.1) is 16.8 Å². The Morgan fingerprint density at radius 2 is 1.08 bits per heavy atom. The molecule has 9 aromatic carbocycles. The van der Waals surface area contributed by atoms with Gasteiger partial charge in [0.1, 0.15) is 11.2 Å². The van der Waals surface area contributed by atoms with Gasteiger partial charge in [-0.2, -0.15) is 0 Å². The Kier molecular flexibility index (Phi) is 6.76. The highest BCUT2D eigenvalue weighted by Gasteiger charge is 2.25. The molecule has 0 unspecified atom stereocenters. The number of thiophene rings is 1. The Balaban J connectivity index is 1.26. The molecule has 0 bridgehead atoms. The second kappa shape index (κ2) is 11.9. The third kappa shape index (κ3) is 4.78. The van der Waals surface area contributed by atoms with Crippen molar-refractivity contribution in [2.45, 2.75) is 0 Å². The fourth-order valence-electron chi connectivity index (χ4n) is 8.18. The van der Waals surface area contributed by atoms with Crippen LogP contribution in [-0.4, -0.2) is 0 Å². The minimum Gasteiger partial charge on any atom is -0.455 e. The van der Waals surface area contributed by atoms with Gasteiger partial charge in [-0.05, 0) is 92.8 Å². The second-order valence-electron chi connectivity index (χ2n) is 13.7. The van der Waals surface area contributed by atoms with Crippen LogP contribution in [-0.2, 0) is 0 Å². The summed E-state index contributed by atoms with van der Waals surface area (Å²) < 4.78 is 9.56. The molecule has 248 valence electrons. The van der Waals surface area contributed by atoms with Crippen LogP contribution in [0.25, 0.3) is 85.9 Å². The first-order valence-corrected chi connectivity index (χ1v) is 18.8. The van der Waals surface area contributed by atoms with E-state index >= 15 is 0 Å². The van der Waals surface area contributed by atoms with E-state index in [2.05, 4.69) is 193 Å². The molecule has 0 saturated carbocycles. The summed E-state index contributed by atoms with van der Waals surface area (Å²) in [6.45, 7) is 0. The Bertz CT molecular complexity index is 3180. The molecule has 11 rings (SSSR count). The molecular weight excluding hydrogens is 663 g/mol. The zero-order chi connectivity index (χ0) is 34.9. The first-order chi connectivity index (χ1) is 26.3. The highest BCUT2D eigenvalue weighted by Crippen LogP contribution is 2.50. The molecule has 11 aromatic rings. The van der Waals surface area contributed by atoms with E-state index in [1.807, 2.05) is 11.3 Å². The van der Waals surface area contributed by atoms with E-state index < -0.39 is 0 Å². The van der Waals surface area contributed by atoms with Crippen molar-refractivity contribution in [3.8, 4) is 22.3 Å². The number of benzene rings is 9. The van der Waals surface area contributed by atoms with Gasteiger partial charge in [-0.15, -0.1) is 11.3 Å². The Labute approximate surface area is 310 Å². The van der Waals surface area contributed by atoms with E-state index in [4.69, 9.17) is 4.42 Å². The zero-order valence-corrected chi connectivity index (χ0v) is 29.5. The van der Waals surface area contributed by atoms with Crippen molar-refractivity contribution in [3.05, 3.63) is 188 Å². The summed E-state index contributed by atoms with van der Waals surface area (Å²) in [4.78, 5) is 2.47. The Hall–Kier alpha value is -6.68. The van der Waals surface area contributed by atoms with Crippen LogP contribution in [0.3, 0.4) is 0 Å². The lowest BCUT2D eigenvalue weighted by Crippen LogP contribution is -2.11. The number of nitrogens with zero attached hydrogens (tertiary/aromatic N) is 1. The van der Waals surface area contributed by atoms with E-state index in [0.29, 0.717) is 0 Å². The molecule has 0 aliphatic heterocycles. The third-order valence-corrected chi connectivity index (χ3v) is 11.8. The lowest BCUT2D eigenvalue weighted by atomic mass is 9.97. The summed E-state index contributed by atoms with van der Waals surface area (Å²) in [5.74, 6) is 0. The van der Waals surface area contributed by atoms with Gasteiger partial charge in [-0.25, -0.2) is 0 Å². The Morgan fingerprint density at radius 3 is 1.92 bits per heavy atom. The lowest BCUT2D eigenvalue weighted by Gasteiger charge is -2.28. The number of fused-ring (bicyclic) bond motifs is 9. The standard InChI is InChI=1S/C50H31NOS/c1-3-12-32(13-4-1)36-25-27-40-45(30-36)52-50-39(33-14-5-2-6-15-33)28-29-44(49(40)50)51(43-19-11-21-47-48(43)41-18-9-10-20-46(41)53-47)37-26-24-35-23-22-34-16-7-8-17-38(34)42(35)31-37/h1-31H. The van der Waals surface area contributed by atoms with Crippen LogP contribution < -0.4 is 4.90 Å². The maximum Gasteiger partial charge on any atom is 0.145 e. The molecule has 2 nitrogen and oxygen atoms in total. The highest BCUT2D eigenvalue weighted by atomic mass is 32.1. The maximum atomic E-state index is 7.01. The molecule has 3 heteroatoms. The van der Waals surface area contributed by atoms with Crippen molar-refractivity contribution in [1.29, 1.82) is 0 Å². The fraction of sp³-hybridized carbons (Fsp3) is 0. The number of furan rings is 1. The fourth-order valence-corrected chi connectivity index (χ4v) is 9.31. The number of rotatable bonds is 5. The molecular formula is C50H31NOS. The SMILES string of the molecule is c1ccc(-c2ccc3c(c2)oc2c(-c4ccccc4)ccc(N(c4ccc5ccc6ccccc6c5c4)c4cccc5sc6ccccc6c45)c23)cc1. The predicted molar refractivity (Wildman–Crippen MR) is 227 cm³/mol. The molecule has 0 atom stereocenters. The molecule has 0 N–H and O–H groups in total. The molecule has 0 aliphatic carbocycles. The normalized spacial score (nSPS) is 11.8. The van der Waals surface area contributed by atoms with Crippen LogP contribution in [0.4, 0.5) is 17.1 Å². The van der Waals surface area contributed by atoms with Crippen molar-refractivity contribution >= 4 is 92.1 Å². The first-order valence-electron chi connectivity index (χ1n) is 18.0. The molecule has 2 aromatic heterocycles. The van der Waals surface area contributed by atoms with E-state index in [0.717, 1.165) is 55.7 Å². The van der Waals surface area contributed by atoms with Crippen LogP contribution >= 0.6 is 11.3 Å². The largest absolute Gasteiger partial charge is 0.455 e. The molecule has 0 spiro atoms. The summed E-state index contributed by atoms with van der Waals surface area (Å²) in [5.41, 5.74) is 9.57. The predicted octanol–water partition coefficient (Wildman–Crippen LogP) is 15.1. The van der Waals surface area contributed by atoms with Gasteiger partial charge in [0.2, 0.25) is 0 Å². The molecule has 0 amide bonds. The topological polar surface area (TPSA) is 16.4 Å². The Morgan fingerprint density at radius 1 is 0.396 bits per heavy atom. The van der Waals surface area contributed by atoms with Gasteiger partial charge in [0.15, 0.2) is 0 Å². The number of hydrogen-bond acceptors (Lipinski definition) is 3. The van der Waals surface area contributed by atoms with Crippen LogP contribution in [0.1, 0.15) is 0 Å². The molecule has 0 saturated heterocycles.